The van der Waals surface area contributed by atoms with Crippen molar-refractivity contribution in [2.75, 3.05) is 7.11 Å². The van der Waals surface area contributed by atoms with Gasteiger partial charge in [-0.2, -0.15) is 5.26 Å². The second-order valence-electron chi connectivity index (χ2n) is 2.99. The lowest BCUT2D eigenvalue weighted by molar-refractivity contribution is 0.398. The van der Waals surface area contributed by atoms with Crippen molar-refractivity contribution in [3.8, 4) is 11.9 Å². The number of rotatable bonds is 1. The van der Waals surface area contributed by atoms with E-state index in [1.54, 1.807) is 18.2 Å². The first-order valence-electron chi connectivity index (χ1n) is 4.29. The van der Waals surface area contributed by atoms with Gasteiger partial charge in [0.15, 0.2) is 0 Å². The highest BCUT2D eigenvalue weighted by Crippen LogP contribution is 2.23. The van der Waals surface area contributed by atoms with Crippen LogP contribution in [0.15, 0.2) is 24.3 Å². The molecule has 0 bridgehead atoms. The monoisotopic (exact) mass is 218 g/mol. The minimum Gasteiger partial charge on any atom is -0.480 e. The lowest BCUT2D eigenvalue weighted by atomic mass is 10.1. The van der Waals surface area contributed by atoms with Gasteiger partial charge in [0.25, 0.3) is 0 Å². The predicted octanol–water partition coefficient (Wildman–Crippen LogP) is 2.77. The predicted molar refractivity (Wildman–Crippen MR) is 58.0 cm³/mol. The van der Waals surface area contributed by atoms with Crippen molar-refractivity contribution in [1.82, 2.24) is 4.98 Å². The van der Waals surface area contributed by atoms with Gasteiger partial charge in [0.2, 0.25) is 5.88 Å². The number of pyridine rings is 1. The van der Waals surface area contributed by atoms with E-state index in [2.05, 4.69) is 4.98 Å². The molecular formula is C11H7ClN2O. The molecule has 4 heteroatoms. The summed E-state index contributed by atoms with van der Waals surface area (Å²) in [5.74, 6) is 0.326. The number of nitriles is 1. The second-order valence-corrected chi connectivity index (χ2v) is 3.43. The standard InChI is InChI=1S/C11H7ClN2O/c1-15-11-8(6-13)4-7-2-3-9(12)5-10(7)14-11/h2-5H,1H3. The van der Waals surface area contributed by atoms with Crippen molar-refractivity contribution < 1.29 is 4.74 Å². The van der Waals surface area contributed by atoms with Crippen LogP contribution >= 0.6 is 11.6 Å². The van der Waals surface area contributed by atoms with Gasteiger partial charge in [0.05, 0.1) is 12.6 Å². The zero-order chi connectivity index (χ0) is 10.8. The zero-order valence-electron chi connectivity index (χ0n) is 7.99. The molecule has 0 unspecified atom stereocenters. The maximum absolute atomic E-state index is 8.87. The fourth-order valence-electron chi connectivity index (χ4n) is 1.36. The molecule has 0 aliphatic carbocycles. The van der Waals surface area contributed by atoms with Crippen molar-refractivity contribution in [1.29, 1.82) is 5.26 Å². The molecule has 1 heterocycles. The van der Waals surface area contributed by atoms with E-state index in [-0.39, 0.29) is 0 Å². The Morgan fingerprint density at radius 3 is 2.87 bits per heavy atom. The van der Waals surface area contributed by atoms with E-state index in [4.69, 9.17) is 21.6 Å². The third-order valence-electron chi connectivity index (χ3n) is 2.06. The van der Waals surface area contributed by atoms with Crippen LogP contribution in [0.1, 0.15) is 5.56 Å². The molecule has 1 aromatic heterocycles. The molecule has 2 rings (SSSR count). The van der Waals surface area contributed by atoms with Crippen molar-refractivity contribution in [3.05, 3.63) is 34.9 Å². The summed E-state index contributed by atoms with van der Waals surface area (Å²) in [6.45, 7) is 0. The summed E-state index contributed by atoms with van der Waals surface area (Å²) in [4.78, 5) is 4.20. The van der Waals surface area contributed by atoms with Gasteiger partial charge in [-0.25, -0.2) is 4.98 Å². The van der Waals surface area contributed by atoms with Gasteiger partial charge in [-0.3, -0.25) is 0 Å². The molecule has 0 aliphatic heterocycles. The third-order valence-corrected chi connectivity index (χ3v) is 2.29. The van der Waals surface area contributed by atoms with E-state index in [1.807, 2.05) is 12.1 Å². The number of hydrogen-bond acceptors (Lipinski definition) is 3. The lowest BCUT2D eigenvalue weighted by Crippen LogP contribution is -1.92. The molecule has 1 aromatic carbocycles. The quantitative estimate of drug-likeness (QED) is 0.740. The minimum absolute atomic E-state index is 0.326. The molecule has 0 N–H and O–H groups in total. The number of fused-ring (bicyclic) bond motifs is 1. The van der Waals surface area contributed by atoms with Gasteiger partial charge in [-0.05, 0) is 18.2 Å². The van der Waals surface area contributed by atoms with Crippen LogP contribution in [0.4, 0.5) is 0 Å². The molecule has 3 nitrogen and oxygen atoms in total. The molecule has 74 valence electrons. The molecular weight excluding hydrogens is 212 g/mol. The summed E-state index contributed by atoms with van der Waals surface area (Å²) in [6, 6.07) is 9.09. The Kier molecular flexibility index (Phi) is 2.44. The molecule has 0 fully saturated rings. The van der Waals surface area contributed by atoms with Crippen molar-refractivity contribution in [3.63, 3.8) is 0 Å². The molecule has 0 saturated heterocycles. The van der Waals surface area contributed by atoms with E-state index >= 15 is 0 Å². The number of ether oxygens (including phenoxy) is 1. The molecule has 0 atom stereocenters. The van der Waals surface area contributed by atoms with Gasteiger partial charge in [-0.1, -0.05) is 17.7 Å². The molecule has 0 aliphatic rings. The lowest BCUT2D eigenvalue weighted by Gasteiger charge is -2.03. The maximum Gasteiger partial charge on any atom is 0.231 e. The Morgan fingerprint density at radius 1 is 1.40 bits per heavy atom. The minimum atomic E-state index is 0.326. The van der Waals surface area contributed by atoms with E-state index < -0.39 is 0 Å². The first-order valence-corrected chi connectivity index (χ1v) is 4.67. The van der Waals surface area contributed by atoms with Crippen LogP contribution in [0.5, 0.6) is 5.88 Å². The molecule has 0 amide bonds. The normalized spacial score (nSPS) is 9.93. The van der Waals surface area contributed by atoms with Crippen LogP contribution in [0, 0.1) is 11.3 Å². The second kappa shape index (κ2) is 3.76. The molecule has 0 spiro atoms. The van der Waals surface area contributed by atoms with Crippen LogP contribution in [0.3, 0.4) is 0 Å². The number of nitrogens with zero attached hydrogens (tertiary/aromatic N) is 2. The fourth-order valence-corrected chi connectivity index (χ4v) is 1.52. The van der Waals surface area contributed by atoms with E-state index in [1.165, 1.54) is 7.11 Å². The first-order chi connectivity index (χ1) is 7.24. The Bertz CT molecular complexity index is 560. The van der Waals surface area contributed by atoms with Crippen LogP contribution in [0.2, 0.25) is 5.02 Å². The average molecular weight is 219 g/mol. The molecule has 0 radical (unpaired) electrons. The van der Waals surface area contributed by atoms with E-state index in [0.29, 0.717) is 16.5 Å². The number of aromatic nitrogens is 1. The summed E-state index contributed by atoms with van der Waals surface area (Å²) < 4.78 is 5.01. The van der Waals surface area contributed by atoms with Crippen LogP contribution in [0.25, 0.3) is 10.9 Å². The zero-order valence-corrected chi connectivity index (χ0v) is 8.75. The fraction of sp³-hybridized carbons (Fsp3) is 0.0909. The molecule has 15 heavy (non-hydrogen) atoms. The number of methoxy groups -OCH3 is 1. The summed E-state index contributed by atoms with van der Waals surface area (Å²) in [5, 5.41) is 10.4. The summed E-state index contributed by atoms with van der Waals surface area (Å²) >= 11 is 5.84. The molecule has 0 saturated carbocycles. The SMILES string of the molecule is COc1nc2cc(Cl)ccc2cc1C#N. The number of hydrogen-bond donors (Lipinski definition) is 0. The van der Waals surface area contributed by atoms with E-state index in [9.17, 15) is 0 Å². The number of halogens is 1. The highest BCUT2D eigenvalue weighted by atomic mass is 35.5. The number of benzene rings is 1. The van der Waals surface area contributed by atoms with Gasteiger partial charge in [0, 0.05) is 10.4 Å². The maximum atomic E-state index is 8.87. The van der Waals surface area contributed by atoms with Crippen molar-refractivity contribution in [2.24, 2.45) is 0 Å². The smallest absolute Gasteiger partial charge is 0.231 e. The van der Waals surface area contributed by atoms with Gasteiger partial charge < -0.3 is 4.74 Å². The Balaban J connectivity index is 2.77. The molecule has 2 aromatic rings. The van der Waals surface area contributed by atoms with Gasteiger partial charge in [0.1, 0.15) is 11.6 Å². The van der Waals surface area contributed by atoms with Gasteiger partial charge >= 0.3 is 0 Å². The van der Waals surface area contributed by atoms with Crippen molar-refractivity contribution >= 4 is 22.5 Å². The summed E-state index contributed by atoms with van der Waals surface area (Å²) in [7, 11) is 1.49. The van der Waals surface area contributed by atoms with Crippen LogP contribution < -0.4 is 4.74 Å². The van der Waals surface area contributed by atoms with E-state index in [0.717, 1.165) is 10.9 Å². The van der Waals surface area contributed by atoms with Gasteiger partial charge in [-0.15, -0.1) is 0 Å². The third kappa shape index (κ3) is 1.72. The van der Waals surface area contributed by atoms with Crippen LogP contribution in [-0.4, -0.2) is 12.1 Å². The summed E-state index contributed by atoms with van der Waals surface area (Å²) in [5.41, 5.74) is 1.14. The first kappa shape index (κ1) is 9.75. The highest BCUT2D eigenvalue weighted by molar-refractivity contribution is 6.31. The Labute approximate surface area is 91.9 Å². The Hall–Kier alpha value is -1.79. The Morgan fingerprint density at radius 2 is 2.20 bits per heavy atom. The average Bonchev–Trinajstić information content (AvgIpc) is 2.27. The highest BCUT2D eigenvalue weighted by Gasteiger charge is 2.06. The summed E-state index contributed by atoms with van der Waals surface area (Å²) in [6.07, 6.45) is 0. The topological polar surface area (TPSA) is 45.9 Å². The van der Waals surface area contributed by atoms with Crippen LogP contribution in [-0.2, 0) is 0 Å². The largest absolute Gasteiger partial charge is 0.480 e. The van der Waals surface area contributed by atoms with Crippen molar-refractivity contribution in [2.45, 2.75) is 0 Å².